The third kappa shape index (κ3) is 5.01. The number of benzene rings is 1. The van der Waals surface area contributed by atoms with Crippen LogP contribution in [0.1, 0.15) is 25.3 Å². The zero-order valence-corrected chi connectivity index (χ0v) is 11.9. The van der Waals surface area contributed by atoms with Crippen LogP contribution in [-0.2, 0) is 9.59 Å². The highest BCUT2D eigenvalue weighted by molar-refractivity contribution is 6.30. The lowest BCUT2D eigenvalue weighted by Crippen LogP contribution is -2.34. The topological polar surface area (TPSA) is 72.2 Å². The first-order valence-electron chi connectivity index (χ1n) is 6.20. The van der Waals surface area contributed by atoms with Crippen molar-refractivity contribution in [1.29, 1.82) is 0 Å². The van der Waals surface area contributed by atoms with Crippen LogP contribution in [0.15, 0.2) is 24.3 Å². The van der Waals surface area contributed by atoms with Crippen molar-refractivity contribution in [2.24, 2.45) is 11.7 Å². The molecule has 5 heteroatoms. The van der Waals surface area contributed by atoms with Crippen molar-refractivity contribution in [3.8, 4) is 0 Å². The van der Waals surface area contributed by atoms with E-state index in [-0.39, 0.29) is 24.2 Å². The maximum atomic E-state index is 12.2. The monoisotopic (exact) mass is 282 g/mol. The summed E-state index contributed by atoms with van der Waals surface area (Å²) >= 11 is 5.84. The summed E-state index contributed by atoms with van der Waals surface area (Å²) in [7, 11) is 0. The molecular weight excluding hydrogens is 264 g/mol. The Hall–Kier alpha value is -1.39. The van der Waals surface area contributed by atoms with Gasteiger partial charge in [0, 0.05) is 17.5 Å². The average Bonchev–Trinajstić information content (AvgIpc) is 2.35. The number of primary amides is 1. The summed E-state index contributed by atoms with van der Waals surface area (Å²) in [5.74, 6) is -0.682. The van der Waals surface area contributed by atoms with Crippen LogP contribution in [-0.4, -0.2) is 24.8 Å². The van der Waals surface area contributed by atoms with Gasteiger partial charge in [0.25, 0.3) is 0 Å². The molecule has 1 atom stereocenters. The molecule has 0 spiro atoms. The van der Waals surface area contributed by atoms with E-state index < -0.39 is 5.91 Å². The van der Waals surface area contributed by atoms with Crippen molar-refractivity contribution in [3.05, 3.63) is 34.9 Å². The predicted octanol–water partition coefficient (Wildman–Crippen LogP) is 1.72. The molecule has 1 aromatic carbocycles. The fourth-order valence-corrected chi connectivity index (χ4v) is 1.95. The Morgan fingerprint density at radius 2 is 1.84 bits per heavy atom. The lowest BCUT2D eigenvalue weighted by molar-refractivity contribution is -0.123. The standard InChI is InChI=1S/C14H19ClN2O2/c1-9(2)14(19)12(7-17-8-13(16)18)10-3-5-11(15)6-4-10/h3-6,9,12,17H,7-8H2,1-2H3,(H2,16,18)/t12-/m1/s1. The molecule has 0 radical (unpaired) electrons. The van der Waals surface area contributed by atoms with Crippen molar-refractivity contribution in [2.75, 3.05) is 13.1 Å². The van der Waals surface area contributed by atoms with Gasteiger partial charge in [-0.2, -0.15) is 0 Å². The first kappa shape index (κ1) is 15.7. The third-order valence-electron chi connectivity index (χ3n) is 2.83. The zero-order chi connectivity index (χ0) is 14.4. The SMILES string of the molecule is CC(C)C(=O)[C@H](CNCC(N)=O)c1ccc(Cl)cc1. The van der Waals surface area contributed by atoms with Gasteiger partial charge >= 0.3 is 0 Å². The molecule has 19 heavy (non-hydrogen) atoms. The van der Waals surface area contributed by atoms with Crippen LogP contribution in [0.5, 0.6) is 0 Å². The molecule has 104 valence electrons. The van der Waals surface area contributed by atoms with Gasteiger partial charge in [-0.3, -0.25) is 9.59 Å². The van der Waals surface area contributed by atoms with E-state index in [4.69, 9.17) is 17.3 Å². The summed E-state index contributed by atoms with van der Waals surface area (Å²) in [5.41, 5.74) is 5.96. The number of ketones is 1. The van der Waals surface area contributed by atoms with Crippen molar-refractivity contribution >= 4 is 23.3 Å². The van der Waals surface area contributed by atoms with Gasteiger partial charge < -0.3 is 11.1 Å². The highest BCUT2D eigenvalue weighted by Crippen LogP contribution is 2.21. The average molecular weight is 283 g/mol. The van der Waals surface area contributed by atoms with E-state index in [1.807, 2.05) is 26.0 Å². The molecule has 3 N–H and O–H groups in total. The van der Waals surface area contributed by atoms with E-state index in [0.29, 0.717) is 11.6 Å². The normalized spacial score (nSPS) is 12.4. The molecule has 0 saturated carbocycles. The van der Waals surface area contributed by atoms with Gasteiger partial charge in [-0.15, -0.1) is 0 Å². The van der Waals surface area contributed by atoms with E-state index in [2.05, 4.69) is 5.32 Å². The molecule has 0 fully saturated rings. The minimum Gasteiger partial charge on any atom is -0.369 e. The van der Waals surface area contributed by atoms with Gasteiger partial charge in [-0.25, -0.2) is 0 Å². The molecule has 1 aromatic rings. The van der Waals surface area contributed by atoms with E-state index in [1.54, 1.807) is 12.1 Å². The summed E-state index contributed by atoms with van der Waals surface area (Å²) in [5, 5.41) is 3.53. The fraction of sp³-hybridized carbons (Fsp3) is 0.429. The molecule has 4 nitrogen and oxygen atoms in total. The lowest BCUT2D eigenvalue weighted by atomic mass is 9.89. The van der Waals surface area contributed by atoms with Gasteiger partial charge in [-0.1, -0.05) is 37.6 Å². The highest BCUT2D eigenvalue weighted by atomic mass is 35.5. The van der Waals surface area contributed by atoms with Gasteiger partial charge in [0.2, 0.25) is 5.91 Å². The van der Waals surface area contributed by atoms with Crippen LogP contribution in [0, 0.1) is 5.92 Å². The van der Waals surface area contributed by atoms with Crippen LogP contribution in [0.4, 0.5) is 0 Å². The number of nitrogens with one attached hydrogen (secondary N) is 1. The minimum atomic E-state index is -0.438. The zero-order valence-electron chi connectivity index (χ0n) is 11.2. The van der Waals surface area contributed by atoms with E-state index in [1.165, 1.54) is 0 Å². The fourth-order valence-electron chi connectivity index (χ4n) is 1.82. The Kier molecular flexibility index (Phi) is 5.99. The van der Waals surface area contributed by atoms with Crippen LogP contribution >= 0.6 is 11.6 Å². The molecule has 0 aliphatic carbocycles. The second kappa shape index (κ2) is 7.26. The predicted molar refractivity (Wildman–Crippen MR) is 76.1 cm³/mol. The van der Waals surface area contributed by atoms with E-state index in [0.717, 1.165) is 5.56 Å². The number of hydrogen-bond acceptors (Lipinski definition) is 3. The maximum absolute atomic E-state index is 12.2. The number of rotatable bonds is 7. The minimum absolute atomic E-state index is 0.0649. The number of hydrogen-bond donors (Lipinski definition) is 2. The number of Topliss-reactive ketones (excluding diaryl/α,β-unsaturated/α-hetero) is 1. The number of nitrogens with two attached hydrogens (primary N) is 1. The molecule has 0 unspecified atom stereocenters. The Balaban J connectivity index is 2.82. The van der Waals surface area contributed by atoms with Gasteiger partial charge in [0.15, 0.2) is 0 Å². The Bertz CT molecular complexity index is 443. The molecule has 0 aromatic heterocycles. The van der Waals surface area contributed by atoms with Crippen molar-refractivity contribution in [1.82, 2.24) is 5.32 Å². The molecule has 0 saturated heterocycles. The highest BCUT2D eigenvalue weighted by Gasteiger charge is 2.22. The molecule has 0 aliphatic heterocycles. The van der Waals surface area contributed by atoms with Gasteiger partial charge in [-0.05, 0) is 17.7 Å². The molecule has 0 heterocycles. The maximum Gasteiger partial charge on any atom is 0.231 e. The Labute approximate surface area is 118 Å². The summed E-state index contributed by atoms with van der Waals surface area (Å²) in [6.45, 7) is 4.18. The van der Waals surface area contributed by atoms with Crippen LogP contribution < -0.4 is 11.1 Å². The quantitative estimate of drug-likeness (QED) is 0.800. The van der Waals surface area contributed by atoms with Crippen LogP contribution in [0.2, 0.25) is 5.02 Å². The van der Waals surface area contributed by atoms with Gasteiger partial charge in [0.05, 0.1) is 12.5 Å². The van der Waals surface area contributed by atoms with E-state index >= 15 is 0 Å². The largest absolute Gasteiger partial charge is 0.369 e. The second-order valence-electron chi connectivity index (χ2n) is 4.76. The summed E-state index contributed by atoms with van der Waals surface area (Å²) < 4.78 is 0. The van der Waals surface area contributed by atoms with Crippen LogP contribution in [0.3, 0.4) is 0 Å². The number of amides is 1. The summed E-state index contributed by atoms with van der Waals surface area (Å²) in [6.07, 6.45) is 0. The third-order valence-corrected chi connectivity index (χ3v) is 3.08. The molecular formula is C14H19ClN2O2. The molecule has 0 bridgehead atoms. The lowest BCUT2D eigenvalue weighted by Gasteiger charge is -2.19. The smallest absolute Gasteiger partial charge is 0.231 e. The summed E-state index contributed by atoms with van der Waals surface area (Å²) in [4.78, 5) is 22.9. The van der Waals surface area contributed by atoms with Gasteiger partial charge in [0.1, 0.15) is 5.78 Å². The number of carbonyl (C=O) groups is 2. The number of carbonyl (C=O) groups excluding carboxylic acids is 2. The second-order valence-corrected chi connectivity index (χ2v) is 5.19. The number of halogens is 1. The first-order valence-corrected chi connectivity index (χ1v) is 6.57. The Morgan fingerprint density at radius 3 is 2.32 bits per heavy atom. The van der Waals surface area contributed by atoms with Crippen molar-refractivity contribution < 1.29 is 9.59 Å². The van der Waals surface area contributed by atoms with E-state index in [9.17, 15) is 9.59 Å². The summed E-state index contributed by atoms with van der Waals surface area (Å²) in [6, 6.07) is 7.18. The first-order chi connectivity index (χ1) is 8.91. The Morgan fingerprint density at radius 1 is 1.26 bits per heavy atom. The molecule has 1 rings (SSSR count). The van der Waals surface area contributed by atoms with Crippen molar-refractivity contribution in [3.63, 3.8) is 0 Å². The van der Waals surface area contributed by atoms with Crippen molar-refractivity contribution in [2.45, 2.75) is 19.8 Å². The molecule has 1 amide bonds. The van der Waals surface area contributed by atoms with Crippen LogP contribution in [0.25, 0.3) is 0 Å². The molecule has 0 aliphatic rings.